The van der Waals surface area contributed by atoms with Gasteiger partial charge >= 0.3 is 0 Å². The SMILES string of the molecule is CCC(c1ccncc1)c1cc(F)cc(F)c1.N. The molecule has 18 heavy (non-hydrogen) atoms. The highest BCUT2D eigenvalue weighted by Gasteiger charge is 2.13. The standard InChI is InChI=1S/C14H13F2N.H3N/c1-2-14(10-3-5-17-6-4-10)11-7-12(15)9-13(16)8-11;/h3-9,14H,2H2,1H3;1H3. The van der Waals surface area contributed by atoms with Gasteiger partial charge in [-0.3, -0.25) is 4.98 Å². The van der Waals surface area contributed by atoms with Gasteiger partial charge in [-0.05, 0) is 41.8 Å². The molecule has 2 aromatic rings. The molecule has 0 aliphatic heterocycles. The van der Waals surface area contributed by atoms with Crippen molar-refractivity contribution in [3.63, 3.8) is 0 Å². The zero-order chi connectivity index (χ0) is 12.3. The van der Waals surface area contributed by atoms with E-state index in [1.807, 2.05) is 19.1 Å². The van der Waals surface area contributed by atoms with Gasteiger partial charge in [-0.15, -0.1) is 0 Å². The maximum absolute atomic E-state index is 13.2. The number of hydrogen-bond donors (Lipinski definition) is 1. The number of aromatic nitrogens is 1. The van der Waals surface area contributed by atoms with Crippen LogP contribution in [-0.2, 0) is 0 Å². The predicted octanol–water partition coefficient (Wildman–Crippen LogP) is 4.06. The molecule has 0 amide bonds. The third-order valence-electron chi connectivity index (χ3n) is 2.80. The van der Waals surface area contributed by atoms with Crippen LogP contribution in [0.15, 0.2) is 42.7 Å². The van der Waals surface area contributed by atoms with Crippen molar-refractivity contribution in [2.75, 3.05) is 0 Å². The zero-order valence-electron chi connectivity index (χ0n) is 10.2. The molecular weight excluding hydrogens is 234 g/mol. The van der Waals surface area contributed by atoms with E-state index < -0.39 is 11.6 Å². The summed E-state index contributed by atoms with van der Waals surface area (Å²) in [5.41, 5.74) is 1.68. The minimum atomic E-state index is -0.535. The quantitative estimate of drug-likeness (QED) is 0.892. The van der Waals surface area contributed by atoms with Gasteiger partial charge in [0.2, 0.25) is 0 Å². The number of nitrogens with zero attached hydrogens (tertiary/aromatic N) is 1. The minimum Gasteiger partial charge on any atom is -0.344 e. The summed E-state index contributed by atoms with van der Waals surface area (Å²) in [5, 5.41) is 0. The van der Waals surface area contributed by atoms with Crippen LogP contribution >= 0.6 is 0 Å². The topological polar surface area (TPSA) is 47.9 Å². The molecule has 1 aromatic heterocycles. The summed E-state index contributed by atoms with van der Waals surface area (Å²) in [6.45, 7) is 1.99. The number of pyridine rings is 1. The molecule has 0 aliphatic carbocycles. The fraction of sp³-hybridized carbons (Fsp3) is 0.214. The van der Waals surface area contributed by atoms with E-state index in [1.54, 1.807) is 12.4 Å². The first-order valence-corrected chi connectivity index (χ1v) is 5.56. The Labute approximate surface area is 105 Å². The van der Waals surface area contributed by atoms with Gasteiger partial charge in [0.1, 0.15) is 11.6 Å². The van der Waals surface area contributed by atoms with Crippen molar-refractivity contribution >= 4 is 0 Å². The molecule has 0 spiro atoms. The van der Waals surface area contributed by atoms with Crippen LogP contribution in [0.25, 0.3) is 0 Å². The molecule has 1 heterocycles. The molecule has 0 bridgehead atoms. The Balaban J connectivity index is 0.00000162. The van der Waals surface area contributed by atoms with Crippen LogP contribution < -0.4 is 6.15 Å². The molecule has 1 atom stereocenters. The van der Waals surface area contributed by atoms with Crippen molar-refractivity contribution in [3.05, 3.63) is 65.5 Å². The summed E-state index contributed by atoms with van der Waals surface area (Å²) in [5.74, 6) is -1.07. The molecule has 4 heteroatoms. The van der Waals surface area contributed by atoms with Gasteiger partial charge in [0.15, 0.2) is 0 Å². The van der Waals surface area contributed by atoms with Crippen molar-refractivity contribution < 1.29 is 8.78 Å². The summed E-state index contributed by atoms with van der Waals surface area (Å²) in [7, 11) is 0. The van der Waals surface area contributed by atoms with E-state index in [0.29, 0.717) is 5.56 Å². The minimum absolute atomic E-state index is 0. The van der Waals surface area contributed by atoms with E-state index in [0.717, 1.165) is 18.1 Å². The highest BCUT2D eigenvalue weighted by molar-refractivity contribution is 5.31. The second-order valence-electron chi connectivity index (χ2n) is 3.94. The molecule has 0 fully saturated rings. The first kappa shape index (κ1) is 14.3. The van der Waals surface area contributed by atoms with Crippen LogP contribution in [0.5, 0.6) is 0 Å². The highest BCUT2D eigenvalue weighted by atomic mass is 19.1. The smallest absolute Gasteiger partial charge is 0.126 e. The van der Waals surface area contributed by atoms with Gasteiger partial charge in [0.05, 0.1) is 0 Å². The van der Waals surface area contributed by atoms with Crippen LogP contribution in [0.3, 0.4) is 0 Å². The summed E-state index contributed by atoms with van der Waals surface area (Å²) in [6.07, 6.45) is 4.16. The lowest BCUT2D eigenvalue weighted by Crippen LogP contribution is -2.01. The summed E-state index contributed by atoms with van der Waals surface area (Å²) < 4.78 is 26.4. The molecule has 2 rings (SSSR count). The lowest BCUT2D eigenvalue weighted by atomic mass is 9.90. The number of benzene rings is 1. The van der Waals surface area contributed by atoms with Gasteiger partial charge in [-0.1, -0.05) is 6.92 Å². The zero-order valence-corrected chi connectivity index (χ0v) is 10.2. The summed E-state index contributed by atoms with van der Waals surface area (Å²) in [4.78, 5) is 3.94. The van der Waals surface area contributed by atoms with Gasteiger partial charge in [-0.2, -0.15) is 0 Å². The normalized spacial score (nSPS) is 11.7. The number of hydrogen-bond acceptors (Lipinski definition) is 2. The van der Waals surface area contributed by atoms with Crippen molar-refractivity contribution in [3.8, 4) is 0 Å². The van der Waals surface area contributed by atoms with Crippen molar-refractivity contribution in [1.29, 1.82) is 0 Å². The maximum Gasteiger partial charge on any atom is 0.126 e. The Bertz CT molecular complexity index is 480. The summed E-state index contributed by atoms with van der Waals surface area (Å²) >= 11 is 0. The van der Waals surface area contributed by atoms with Crippen LogP contribution in [0.1, 0.15) is 30.4 Å². The molecule has 2 nitrogen and oxygen atoms in total. The van der Waals surface area contributed by atoms with Crippen molar-refractivity contribution in [1.82, 2.24) is 11.1 Å². The average Bonchev–Trinajstić information content (AvgIpc) is 2.30. The van der Waals surface area contributed by atoms with Crippen LogP contribution in [0.2, 0.25) is 0 Å². The van der Waals surface area contributed by atoms with Gasteiger partial charge < -0.3 is 6.15 Å². The van der Waals surface area contributed by atoms with E-state index in [4.69, 9.17) is 0 Å². The fourth-order valence-corrected chi connectivity index (χ4v) is 2.04. The Morgan fingerprint density at radius 1 is 1.00 bits per heavy atom. The lowest BCUT2D eigenvalue weighted by Gasteiger charge is -2.15. The summed E-state index contributed by atoms with van der Waals surface area (Å²) in [6, 6.07) is 7.41. The van der Waals surface area contributed by atoms with Crippen LogP contribution in [-0.4, -0.2) is 4.98 Å². The second-order valence-corrected chi connectivity index (χ2v) is 3.94. The molecule has 0 aliphatic rings. The van der Waals surface area contributed by atoms with E-state index in [-0.39, 0.29) is 12.1 Å². The molecule has 0 radical (unpaired) electrons. The molecule has 0 saturated carbocycles. The average molecular weight is 250 g/mol. The van der Waals surface area contributed by atoms with E-state index in [1.165, 1.54) is 12.1 Å². The second kappa shape index (κ2) is 6.21. The third-order valence-corrected chi connectivity index (χ3v) is 2.80. The number of halogens is 2. The highest BCUT2D eigenvalue weighted by Crippen LogP contribution is 2.28. The van der Waals surface area contributed by atoms with E-state index in [9.17, 15) is 8.78 Å². The first-order chi connectivity index (χ1) is 8.20. The lowest BCUT2D eigenvalue weighted by molar-refractivity contribution is 0.576. The monoisotopic (exact) mass is 250 g/mol. The van der Waals surface area contributed by atoms with Crippen molar-refractivity contribution in [2.45, 2.75) is 19.3 Å². The van der Waals surface area contributed by atoms with Crippen molar-refractivity contribution in [2.24, 2.45) is 0 Å². The molecule has 1 aromatic carbocycles. The largest absolute Gasteiger partial charge is 0.344 e. The van der Waals surface area contributed by atoms with Crippen LogP contribution in [0, 0.1) is 11.6 Å². The van der Waals surface area contributed by atoms with Gasteiger partial charge in [-0.25, -0.2) is 8.78 Å². The predicted molar refractivity (Wildman–Crippen MR) is 67.8 cm³/mol. The Morgan fingerprint density at radius 2 is 1.56 bits per heavy atom. The van der Waals surface area contributed by atoms with Gasteiger partial charge in [0, 0.05) is 24.4 Å². The fourth-order valence-electron chi connectivity index (χ4n) is 2.04. The first-order valence-electron chi connectivity index (χ1n) is 5.56. The molecular formula is C14H16F2N2. The molecule has 0 saturated heterocycles. The Hall–Kier alpha value is -1.81. The number of rotatable bonds is 3. The van der Waals surface area contributed by atoms with E-state index >= 15 is 0 Å². The molecule has 96 valence electrons. The van der Waals surface area contributed by atoms with E-state index in [2.05, 4.69) is 4.98 Å². The van der Waals surface area contributed by atoms with Crippen LogP contribution in [0.4, 0.5) is 8.78 Å². The Kier molecular flexibility index (Phi) is 4.92. The molecule has 3 N–H and O–H groups in total. The van der Waals surface area contributed by atoms with Gasteiger partial charge in [0.25, 0.3) is 0 Å². The third kappa shape index (κ3) is 3.11. The molecule has 1 unspecified atom stereocenters. The Morgan fingerprint density at radius 3 is 2.06 bits per heavy atom. The maximum atomic E-state index is 13.2.